The van der Waals surface area contributed by atoms with Crippen molar-refractivity contribution in [3.8, 4) is 39.0 Å². The molecule has 0 amide bonds. The van der Waals surface area contributed by atoms with Crippen LogP contribution in [0.3, 0.4) is 0 Å². The number of imidazole rings is 1. The largest absolute Gasteiger partial charge is 0.489 e. The number of pyridine rings is 2. The van der Waals surface area contributed by atoms with Crippen molar-refractivity contribution in [2.45, 2.75) is 38.2 Å². The molecule has 1 saturated carbocycles. The molecule has 0 radical (unpaired) electrons. The van der Waals surface area contributed by atoms with Crippen molar-refractivity contribution < 1.29 is 4.74 Å². The number of aromatic amines is 2. The lowest BCUT2D eigenvalue weighted by atomic mass is 9.98. The predicted molar refractivity (Wildman–Crippen MR) is 143 cm³/mol. The van der Waals surface area contributed by atoms with E-state index in [2.05, 4.69) is 60.9 Å². The third-order valence-electron chi connectivity index (χ3n) is 6.84. The summed E-state index contributed by atoms with van der Waals surface area (Å²) in [5, 5.41) is 10.8. The molecule has 178 valence electrons. The van der Waals surface area contributed by atoms with E-state index in [-0.39, 0.29) is 0 Å². The first-order valence-corrected chi connectivity index (χ1v) is 13.2. The normalized spacial score (nSPS) is 14.6. The molecule has 7 rings (SSSR count). The van der Waals surface area contributed by atoms with Crippen molar-refractivity contribution in [1.29, 1.82) is 0 Å². The number of nitrogens with zero attached hydrogens (tertiary/aromatic N) is 4. The van der Waals surface area contributed by atoms with Crippen molar-refractivity contribution in [1.82, 2.24) is 30.1 Å². The number of hydrogen-bond acceptors (Lipinski definition) is 6. The number of ether oxygens (including phenoxy) is 1. The number of rotatable bonds is 5. The third-order valence-corrected chi connectivity index (χ3v) is 7.72. The predicted octanol–water partition coefficient (Wildman–Crippen LogP) is 7.00. The van der Waals surface area contributed by atoms with Gasteiger partial charge in [-0.1, -0.05) is 18.6 Å². The fraction of sp³-hybridized carbons (Fsp3) is 0.214. The number of benzene rings is 1. The van der Waals surface area contributed by atoms with Crippen LogP contribution in [0.5, 0.6) is 5.75 Å². The summed E-state index contributed by atoms with van der Waals surface area (Å²) >= 11 is 1.66. The highest BCUT2D eigenvalue weighted by molar-refractivity contribution is 7.13. The molecule has 0 atom stereocenters. The Morgan fingerprint density at radius 3 is 2.75 bits per heavy atom. The molecule has 6 aromatic rings. The number of nitrogens with one attached hydrogen (secondary N) is 2. The van der Waals surface area contributed by atoms with Crippen LogP contribution in [0.15, 0.2) is 66.4 Å². The molecule has 1 aliphatic carbocycles. The van der Waals surface area contributed by atoms with E-state index < -0.39 is 0 Å². The summed E-state index contributed by atoms with van der Waals surface area (Å²) in [6.07, 6.45) is 11.8. The van der Waals surface area contributed by atoms with Crippen LogP contribution in [-0.4, -0.2) is 36.2 Å². The summed E-state index contributed by atoms with van der Waals surface area (Å²) in [5.41, 5.74) is 6.48. The SMILES string of the molecule is c1csc(-c2nccc3[nH]c(-c4n[nH]c5ccc(-c6cncc(OC7CCCCC7)c6)cc45)nc23)c1. The summed E-state index contributed by atoms with van der Waals surface area (Å²) in [6.45, 7) is 0. The third kappa shape index (κ3) is 3.83. The first-order chi connectivity index (χ1) is 17.8. The van der Waals surface area contributed by atoms with E-state index in [0.717, 1.165) is 67.9 Å². The minimum Gasteiger partial charge on any atom is -0.489 e. The van der Waals surface area contributed by atoms with Crippen LogP contribution in [0.1, 0.15) is 32.1 Å². The van der Waals surface area contributed by atoms with Crippen molar-refractivity contribution in [3.05, 3.63) is 66.4 Å². The van der Waals surface area contributed by atoms with Gasteiger partial charge in [0.2, 0.25) is 0 Å². The Hall–Kier alpha value is -4.04. The minimum absolute atomic E-state index is 0.292. The number of aromatic nitrogens is 6. The van der Waals surface area contributed by atoms with Gasteiger partial charge in [-0.2, -0.15) is 5.10 Å². The Morgan fingerprint density at radius 2 is 1.86 bits per heavy atom. The fourth-order valence-corrected chi connectivity index (χ4v) is 5.75. The molecule has 1 aliphatic rings. The second-order valence-corrected chi connectivity index (χ2v) is 10.2. The Bertz CT molecular complexity index is 1660. The highest BCUT2D eigenvalue weighted by Gasteiger charge is 2.18. The first-order valence-electron chi connectivity index (χ1n) is 12.3. The Labute approximate surface area is 211 Å². The molecular formula is C28H24N6OS. The molecule has 5 heterocycles. The van der Waals surface area contributed by atoms with Gasteiger partial charge >= 0.3 is 0 Å². The zero-order valence-electron chi connectivity index (χ0n) is 19.6. The molecule has 0 bridgehead atoms. The van der Waals surface area contributed by atoms with Gasteiger partial charge in [-0.05, 0) is 67.0 Å². The zero-order chi connectivity index (χ0) is 23.9. The van der Waals surface area contributed by atoms with E-state index >= 15 is 0 Å². The Balaban J connectivity index is 1.26. The highest BCUT2D eigenvalue weighted by Crippen LogP contribution is 2.34. The lowest BCUT2D eigenvalue weighted by Gasteiger charge is -2.23. The van der Waals surface area contributed by atoms with Crippen molar-refractivity contribution in [2.24, 2.45) is 0 Å². The lowest BCUT2D eigenvalue weighted by Crippen LogP contribution is -2.19. The maximum atomic E-state index is 6.26. The fourth-order valence-electron chi connectivity index (χ4n) is 5.03. The Morgan fingerprint density at radius 1 is 0.917 bits per heavy atom. The first kappa shape index (κ1) is 21.3. The van der Waals surface area contributed by atoms with E-state index in [0.29, 0.717) is 11.9 Å². The van der Waals surface area contributed by atoms with Crippen LogP contribution < -0.4 is 4.74 Å². The summed E-state index contributed by atoms with van der Waals surface area (Å²) in [6, 6.07) is 14.4. The van der Waals surface area contributed by atoms with Crippen LogP contribution in [0.25, 0.3) is 55.2 Å². The van der Waals surface area contributed by atoms with Crippen molar-refractivity contribution in [2.75, 3.05) is 0 Å². The van der Waals surface area contributed by atoms with Crippen molar-refractivity contribution >= 4 is 33.3 Å². The highest BCUT2D eigenvalue weighted by atomic mass is 32.1. The van der Waals surface area contributed by atoms with Crippen molar-refractivity contribution in [3.63, 3.8) is 0 Å². The van der Waals surface area contributed by atoms with E-state index in [1.54, 1.807) is 11.3 Å². The van der Waals surface area contributed by atoms with Crippen LogP contribution in [0.4, 0.5) is 0 Å². The zero-order valence-corrected chi connectivity index (χ0v) is 20.4. The molecule has 36 heavy (non-hydrogen) atoms. The average Bonchev–Trinajstić information content (AvgIpc) is 3.68. The van der Waals surface area contributed by atoms with E-state index in [1.807, 2.05) is 30.7 Å². The second-order valence-electron chi connectivity index (χ2n) is 9.24. The monoisotopic (exact) mass is 492 g/mol. The van der Waals surface area contributed by atoms with Gasteiger partial charge in [-0.3, -0.25) is 15.1 Å². The topological polar surface area (TPSA) is 92.4 Å². The van der Waals surface area contributed by atoms with Crippen LogP contribution >= 0.6 is 11.3 Å². The molecule has 0 spiro atoms. The maximum Gasteiger partial charge on any atom is 0.159 e. The summed E-state index contributed by atoms with van der Waals surface area (Å²) in [5.74, 6) is 1.55. The molecule has 1 aromatic carbocycles. The molecule has 5 aromatic heterocycles. The Kier molecular flexibility index (Phi) is 5.24. The van der Waals surface area contributed by atoms with Gasteiger partial charge in [-0.15, -0.1) is 11.3 Å². The molecule has 0 unspecified atom stereocenters. The molecule has 0 saturated heterocycles. The summed E-state index contributed by atoms with van der Waals surface area (Å²) in [4.78, 5) is 18.5. The standard InChI is InChI=1S/C28H24N6OS/c1-2-5-19(6-3-1)35-20-13-18(15-29-16-20)17-8-9-22-21(14-17)25(34-33-22)28-31-23-10-11-30-27(26(23)32-28)24-7-4-12-36-24/h4,7-16,19H,1-3,5-6H2,(H,31,32)(H,33,34). The molecule has 1 fully saturated rings. The van der Waals surface area contributed by atoms with Gasteiger partial charge < -0.3 is 9.72 Å². The van der Waals surface area contributed by atoms with Gasteiger partial charge in [0, 0.05) is 23.3 Å². The molecule has 2 N–H and O–H groups in total. The van der Waals surface area contributed by atoms with Crippen LogP contribution in [0, 0.1) is 0 Å². The van der Waals surface area contributed by atoms with Gasteiger partial charge in [0.25, 0.3) is 0 Å². The summed E-state index contributed by atoms with van der Waals surface area (Å²) < 4.78 is 6.26. The average molecular weight is 493 g/mol. The molecule has 8 heteroatoms. The van der Waals surface area contributed by atoms with E-state index in [1.165, 1.54) is 19.3 Å². The quantitative estimate of drug-likeness (QED) is 0.270. The van der Waals surface area contributed by atoms with Crippen LogP contribution in [-0.2, 0) is 0 Å². The van der Waals surface area contributed by atoms with Gasteiger partial charge in [0.15, 0.2) is 5.82 Å². The van der Waals surface area contributed by atoms with Gasteiger partial charge in [0.1, 0.15) is 22.7 Å². The van der Waals surface area contributed by atoms with Crippen LogP contribution in [0.2, 0.25) is 0 Å². The molecule has 0 aliphatic heterocycles. The maximum absolute atomic E-state index is 6.26. The minimum atomic E-state index is 0.292. The number of fused-ring (bicyclic) bond motifs is 2. The van der Waals surface area contributed by atoms with E-state index in [9.17, 15) is 0 Å². The number of hydrogen-bond donors (Lipinski definition) is 2. The van der Waals surface area contributed by atoms with E-state index in [4.69, 9.17) is 9.72 Å². The molecular weight excluding hydrogens is 468 g/mol. The summed E-state index contributed by atoms with van der Waals surface area (Å²) in [7, 11) is 0. The lowest BCUT2D eigenvalue weighted by molar-refractivity contribution is 0.154. The molecule has 7 nitrogen and oxygen atoms in total. The number of H-pyrrole nitrogens is 2. The van der Waals surface area contributed by atoms with Gasteiger partial charge in [-0.25, -0.2) is 4.98 Å². The van der Waals surface area contributed by atoms with Gasteiger partial charge in [0.05, 0.1) is 28.2 Å². The number of thiophene rings is 1. The smallest absolute Gasteiger partial charge is 0.159 e. The second kappa shape index (κ2) is 8.87.